The molecule has 3 N–H and O–H groups in total. The molecular formula is C24H17F3N4O4. The van der Waals surface area contributed by atoms with Gasteiger partial charge in [0.15, 0.2) is 0 Å². The average molecular weight is 482 g/mol. The van der Waals surface area contributed by atoms with Gasteiger partial charge in [-0.15, -0.1) is 0 Å². The van der Waals surface area contributed by atoms with Crippen molar-refractivity contribution in [2.75, 3.05) is 5.32 Å². The first-order valence-electron chi connectivity index (χ1n) is 10.9. The molecule has 3 aliphatic rings. The van der Waals surface area contributed by atoms with Crippen molar-refractivity contribution in [1.29, 1.82) is 0 Å². The third-order valence-electron chi connectivity index (χ3n) is 6.59. The molecule has 4 aromatic rings. The van der Waals surface area contributed by atoms with E-state index in [4.69, 9.17) is 14.2 Å². The topological polar surface area (TPSA) is 102 Å². The number of alkyl halides is 3. The van der Waals surface area contributed by atoms with Crippen LogP contribution in [0.5, 0.6) is 17.2 Å². The molecule has 4 unspecified atom stereocenters. The summed E-state index contributed by atoms with van der Waals surface area (Å²) in [5.74, 6) is 2.95. The van der Waals surface area contributed by atoms with Gasteiger partial charge in [-0.05, 0) is 42.5 Å². The summed E-state index contributed by atoms with van der Waals surface area (Å²) in [5.41, 5.74) is 1.77. The van der Waals surface area contributed by atoms with Crippen LogP contribution in [0.2, 0.25) is 0 Å². The Hall–Kier alpha value is -3.83. The molecule has 0 spiro atoms. The zero-order valence-corrected chi connectivity index (χ0v) is 17.8. The largest absolute Gasteiger partial charge is 0.489 e. The third-order valence-corrected chi connectivity index (χ3v) is 6.59. The standard InChI is InChI=1S/C24H17F3N4O4/c25-24(26,27)10-1-3-14-15(7-10)30-22(29-14)19-18-12-8-11(2-4-16(12)35-20(18)19)34-17-5-6-28-21-13(17)9-33-23(32)31-21/h1-8,18-20,23,32H,9H2,(H,28,31)(H,29,30). The Morgan fingerprint density at radius 3 is 2.83 bits per heavy atom. The number of ether oxygens (including phenoxy) is 3. The van der Waals surface area contributed by atoms with E-state index in [1.807, 2.05) is 12.1 Å². The van der Waals surface area contributed by atoms with E-state index in [-0.39, 0.29) is 24.5 Å². The highest BCUT2D eigenvalue weighted by Crippen LogP contribution is 2.63. The van der Waals surface area contributed by atoms with Gasteiger partial charge >= 0.3 is 6.18 Å². The molecule has 1 aliphatic carbocycles. The van der Waals surface area contributed by atoms with Crippen molar-refractivity contribution in [1.82, 2.24) is 15.0 Å². The molecule has 4 atom stereocenters. The van der Waals surface area contributed by atoms with Crippen LogP contribution >= 0.6 is 0 Å². The first-order chi connectivity index (χ1) is 16.8. The van der Waals surface area contributed by atoms with Crippen LogP contribution in [0.3, 0.4) is 0 Å². The molecule has 2 aromatic carbocycles. The fourth-order valence-corrected chi connectivity index (χ4v) is 4.88. The van der Waals surface area contributed by atoms with Crippen molar-refractivity contribution in [3.8, 4) is 17.2 Å². The minimum atomic E-state index is -4.41. The fourth-order valence-electron chi connectivity index (χ4n) is 4.88. The Bertz CT molecular complexity index is 1490. The van der Waals surface area contributed by atoms with Crippen LogP contribution < -0.4 is 14.8 Å². The van der Waals surface area contributed by atoms with Crippen molar-refractivity contribution in [2.24, 2.45) is 0 Å². The van der Waals surface area contributed by atoms with Gasteiger partial charge in [-0.3, -0.25) is 0 Å². The van der Waals surface area contributed by atoms with Gasteiger partial charge in [0.2, 0.25) is 6.41 Å². The van der Waals surface area contributed by atoms with Crippen molar-refractivity contribution in [2.45, 2.75) is 37.1 Å². The predicted molar refractivity (Wildman–Crippen MR) is 116 cm³/mol. The molecule has 0 saturated heterocycles. The minimum absolute atomic E-state index is 0.0303. The zero-order chi connectivity index (χ0) is 23.9. The molecule has 1 saturated carbocycles. The smallest absolute Gasteiger partial charge is 0.416 e. The normalized spacial score (nSPS) is 24.2. The van der Waals surface area contributed by atoms with Crippen molar-refractivity contribution >= 4 is 16.9 Å². The van der Waals surface area contributed by atoms with E-state index in [2.05, 4.69) is 20.3 Å². The molecule has 4 heterocycles. The van der Waals surface area contributed by atoms with Crippen molar-refractivity contribution in [3.05, 3.63) is 71.2 Å². The van der Waals surface area contributed by atoms with Crippen LogP contribution in [-0.4, -0.2) is 32.6 Å². The number of aromatic amines is 1. The molecule has 8 nitrogen and oxygen atoms in total. The van der Waals surface area contributed by atoms with E-state index in [0.717, 1.165) is 23.4 Å². The summed E-state index contributed by atoms with van der Waals surface area (Å²) in [4.78, 5) is 11.8. The highest BCUT2D eigenvalue weighted by Gasteiger charge is 2.61. The minimum Gasteiger partial charge on any atom is -0.489 e. The number of hydrogen-bond donors (Lipinski definition) is 3. The summed E-state index contributed by atoms with van der Waals surface area (Å²) >= 11 is 0. The molecule has 2 aliphatic heterocycles. The molecule has 0 radical (unpaired) electrons. The maximum Gasteiger partial charge on any atom is 0.416 e. The highest BCUT2D eigenvalue weighted by molar-refractivity contribution is 5.76. The Balaban J connectivity index is 1.15. The summed E-state index contributed by atoms with van der Waals surface area (Å²) < 4.78 is 56.6. The number of benzene rings is 2. The fraction of sp³-hybridized carbons (Fsp3) is 0.250. The zero-order valence-electron chi connectivity index (χ0n) is 17.8. The van der Waals surface area contributed by atoms with Gasteiger partial charge in [0.05, 0.1) is 34.7 Å². The van der Waals surface area contributed by atoms with Crippen molar-refractivity contribution < 1.29 is 32.5 Å². The maximum atomic E-state index is 13.1. The highest BCUT2D eigenvalue weighted by atomic mass is 19.4. The molecule has 7 rings (SSSR count). The molecule has 11 heteroatoms. The Morgan fingerprint density at radius 2 is 1.97 bits per heavy atom. The van der Waals surface area contributed by atoms with Gasteiger partial charge in [-0.25, -0.2) is 9.97 Å². The Morgan fingerprint density at radius 1 is 1.09 bits per heavy atom. The van der Waals surface area contributed by atoms with Crippen LogP contribution in [0.15, 0.2) is 48.7 Å². The first kappa shape index (κ1) is 20.5. The first-order valence-corrected chi connectivity index (χ1v) is 10.9. The number of fused-ring (bicyclic) bond motifs is 5. The SMILES string of the molecule is OC1Nc2nccc(Oc3ccc4c(c3)C3C(O4)C3c3nc4ccc(C(F)(F)F)cc4[nH]3)c2CO1. The number of aliphatic hydroxyl groups is 1. The quantitative estimate of drug-likeness (QED) is 0.391. The number of rotatable bonds is 3. The summed E-state index contributed by atoms with van der Waals surface area (Å²) in [6.45, 7) is 0.148. The second kappa shape index (κ2) is 7.09. The molecule has 2 aromatic heterocycles. The van der Waals surface area contributed by atoms with Crippen LogP contribution in [0, 0.1) is 0 Å². The molecule has 0 amide bonds. The lowest BCUT2D eigenvalue weighted by Gasteiger charge is -2.24. The van der Waals surface area contributed by atoms with E-state index in [1.165, 1.54) is 6.07 Å². The molecule has 0 bridgehead atoms. The second-order valence-electron chi connectivity index (χ2n) is 8.73. The van der Waals surface area contributed by atoms with Crippen LogP contribution in [0.25, 0.3) is 11.0 Å². The van der Waals surface area contributed by atoms with Crippen LogP contribution in [0.1, 0.15) is 34.4 Å². The lowest BCUT2D eigenvalue weighted by Crippen LogP contribution is -2.28. The number of aromatic nitrogens is 3. The monoisotopic (exact) mass is 482 g/mol. The number of hydrogen-bond acceptors (Lipinski definition) is 7. The van der Waals surface area contributed by atoms with Crippen LogP contribution in [-0.2, 0) is 17.5 Å². The molecule has 1 fully saturated rings. The van der Waals surface area contributed by atoms with Gasteiger partial charge in [0.1, 0.15) is 35.0 Å². The number of halogens is 3. The van der Waals surface area contributed by atoms with Gasteiger partial charge in [-0.1, -0.05) is 0 Å². The summed E-state index contributed by atoms with van der Waals surface area (Å²) in [6.07, 6.45) is -4.08. The number of nitrogens with one attached hydrogen (secondary N) is 2. The van der Waals surface area contributed by atoms with E-state index in [0.29, 0.717) is 39.7 Å². The van der Waals surface area contributed by atoms with Gasteiger partial charge in [-0.2, -0.15) is 13.2 Å². The maximum absolute atomic E-state index is 13.1. The molecule has 35 heavy (non-hydrogen) atoms. The molecule has 178 valence electrons. The lowest BCUT2D eigenvalue weighted by atomic mass is 10.1. The summed E-state index contributed by atoms with van der Waals surface area (Å²) in [7, 11) is 0. The number of anilines is 1. The summed E-state index contributed by atoms with van der Waals surface area (Å²) in [6, 6.07) is 10.8. The number of nitrogens with zero attached hydrogens (tertiary/aromatic N) is 2. The van der Waals surface area contributed by atoms with E-state index < -0.39 is 18.2 Å². The molecular weight excluding hydrogens is 465 g/mol. The number of H-pyrrole nitrogens is 1. The average Bonchev–Trinajstić information content (AvgIpc) is 3.18. The predicted octanol–water partition coefficient (Wildman–Crippen LogP) is 4.63. The number of aliphatic hydroxyl groups excluding tert-OH is 1. The Kier molecular flexibility index (Phi) is 4.16. The van der Waals surface area contributed by atoms with E-state index >= 15 is 0 Å². The number of pyridine rings is 1. The summed E-state index contributed by atoms with van der Waals surface area (Å²) in [5, 5.41) is 12.3. The van der Waals surface area contributed by atoms with E-state index in [1.54, 1.807) is 18.3 Å². The van der Waals surface area contributed by atoms with Gasteiger partial charge in [0, 0.05) is 17.7 Å². The third kappa shape index (κ3) is 3.30. The van der Waals surface area contributed by atoms with Gasteiger partial charge < -0.3 is 29.6 Å². The number of imidazole rings is 1. The lowest BCUT2D eigenvalue weighted by molar-refractivity contribution is -0.137. The van der Waals surface area contributed by atoms with E-state index in [9.17, 15) is 18.3 Å². The van der Waals surface area contributed by atoms with Crippen LogP contribution in [0.4, 0.5) is 19.0 Å². The Labute approximate surface area is 195 Å². The van der Waals surface area contributed by atoms with Crippen molar-refractivity contribution in [3.63, 3.8) is 0 Å². The second-order valence-corrected chi connectivity index (χ2v) is 8.73. The van der Waals surface area contributed by atoms with Gasteiger partial charge in [0.25, 0.3) is 0 Å².